The third-order valence-corrected chi connectivity index (χ3v) is 4.02. The number of benzene rings is 2. The van der Waals surface area contributed by atoms with Crippen LogP contribution < -0.4 is 0 Å². The summed E-state index contributed by atoms with van der Waals surface area (Å²) < 4.78 is 1.21. The molecule has 0 fully saturated rings. The van der Waals surface area contributed by atoms with Crippen molar-refractivity contribution in [2.24, 2.45) is 0 Å². The van der Waals surface area contributed by atoms with E-state index in [0.717, 1.165) is 16.1 Å². The highest BCUT2D eigenvalue weighted by Crippen LogP contribution is 2.28. The molecule has 0 bridgehead atoms. The van der Waals surface area contributed by atoms with Gasteiger partial charge in [-0.05, 0) is 24.6 Å². The molecule has 1 aromatic heterocycles. The van der Waals surface area contributed by atoms with Crippen molar-refractivity contribution in [3.63, 3.8) is 0 Å². The van der Waals surface area contributed by atoms with E-state index in [4.69, 9.17) is 0 Å². The van der Waals surface area contributed by atoms with Gasteiger partial charge < -0.3 is 5.11 Å². The molecule has 0 aliphatic carbocycles. The second-order valence-electron chi connectivity index (χ2n) is 4.33. The molecule has 0 saturated heterocycles. The zero-order valence-electron chi connectivity index (χ0n) is 10.1. The number of aryl methyl sites for hydroxylation is 1. The van der Waals surface area contributed by atoms with Crippen LogP contribution in [0.3, 0.4) is 0 Å². The van der Waals surface area contributed by atoms with Crippen LogP contribution in [0, 0.1) is 6.92 Å². The highest BCUT2D eigenvalue weighted by Gasteiger charge is 2.08. The van der Waals surface area contributed by atoms with Crippen LogP contribution in [-0.2, 0) is 6.42 Å². The highest BCUT2D eigenvalue weighted by molar-refractivity contribution is 7.18. The van der Waals surface area contributed by atoms with E-state index in [0.29, 0.717) is 12.2 Å². The first kappa shape index (κ1) is 11.2. The molecule has 0 unspecified atom stereocenters. The molecule has 18 heavy (non-hydrogen) atoms. The van der Waals surface area contributed by atoms with Crippen LogP contribution in [0.1, 0.15) is 16.1 Å². The maximum Gasteiger partial charge on any atom is 0.119 e. The van der Waals surface area contributed by atoms with E-state index in [1.165, 1.54) is 10.3 Å². The first-order chi connectivity index (χ1) is 8.74. The van der Waals surface area contributed by atoms with E-state index >= 15 is 0 Å². The number of aromatic nitrogens is 1. The minimum atomic E-state index is 0.341. The van der Waals surface area contributed by atoms with Gasteiger partial charge in [-0.2, -0.15) is 0 Å². The zero-order valence-corrected chi connectivity index (χ0v) is 10.9. The van der Waals surface area contributed by atoms with E-state index in [-0.39, 0.29) is 0 Å². The predicted molar refractivity (Wildman–Crippen MR) is 75.3 cm³/mol. The van der Waals surface area contributed by atoms with Gasteiger partial charge in [0.2, 0.25) is 0 Å². The van der Waals surface area contributed by atoms with Crippen molar-refractivity contribution < 1.29 is 5.11 Å². The molecule has 2 aromatic carbocycles. The molecule has 0 amide bonds. The normalized spacial score (nSPS) is 10.9. The minimum Gasteiger partial charge on any atom is -0.508 e. The number of phenols is 1. The third kappa shape index (κ3) is 1.97. The van der Waals surface area contributed by atoms with Crippen molar-refractivity contribution in [1.82, 2.24) is 4.98 Å². The third-order valence-electron chi connectivity index (χ3n) is 3.00. The summed E-state index contributed by atoms with van der Waals surface area (Å²) in [7, 11) is 0. The van der Waals surface area contributed by atoms with Crippen molar-refractivity contribution >= 4 is 21.6 Å². The molecular formula is C15H13NOS. The fraction of sp³-hybridized carbons (Fsp3) is 0.133. The molecule has 90 valence electrons. The number of rotatable bonds is 2. The van der Waals surface area contributed by atoms with Crippen LogP contribution in [0.5, 0.6) is 5.75 Å². The van der Waals surface area contributed by atoms with Crippen LogP contribution in [0.2, 0.25) is 0 Å². The summed E-state index contributed by atoms with van der Waals surface area (Å²) in [5.74, 6) is 0.341. The largest absolute Gasteiger partial charge is 0.508 e. The van der Waals surface area contributed by atoms with Gasteiger partial charge in [-0.25, -0.2) is 4.98 Å². The Balaban J connectivity index is 2.01. The summed E-state index contributed by atoms with van der Waals surface area (Å²) in [5.41, 5.74) is 3.20. The van der Waals surface area contributed by atoms with Crippen molar-refractivity contribution in [3.8, 4) is 5.75 Å². The zero-order chi connectivity index (χ0) is 12.5. The standard InChI is InChI=1S/C15H13NOS/c1-10-5-4-8-13-15(10)16-14(18-13)9-11-6-2-3-7-12(11)17/h2-8,17H,9H2,1H3. The van der Waals surface area contributed by atoms with Gasteiger partial charge in [0, 0.05) is 12.0 Å². The fourth-order valence-corrected chi connectivity index (χ4v) is 3.10. The van der Waals surface area contributed by atoms with E-state index in [1.54, 1.807) is 17.4 Å². The van der Waals surface area contributed by atoms with Crippen molar-refractivity contribution in [1.29, 1.82) is 0 Å². The summed E-state index contributed by atoms with van der Waals surface area (Å²) in [5, 5.41) is 10.8. The fourth-order valence-electron chi connectivity index (χ4n) is 2.03. The monoisotopic (exact) mass is 255 g/mol. The van der Waals surface area contributed by atoms with Crippen LogP contribution in [-0.4, -0.2) is 10.1 Å². The second-order valence-corrected chi connectivity index (χ2v) is 5.45. The Labute approximate surface area is 110 Å². The smallest absolute Gasteiger partial charge is 0.119 e. The van der Waals surface area contributed by atoms with Crippen LogP contribution in [0.25, 0.3) is 10.2 Å². The number of nitrogens with zero attached hydrogens (tertiary/aromatic N) is 1. The lowest BCUT2D eigenvalue weighted by molar-refractivity contribution is 0.469. The van der Waals surface area contributed by atoms with E-state index < -0.39 is 0 Å². The van der Waals surface area contributed by atoms with Gasteiger partial charge in [0.05, 0.1) is 15.2 Å². The maximum absolute atomic E-state index is 9.78. The van der Waals surface area contributed by atoms with Gasteiger partial charge in [0.25, 0.3) is 0 Å². The van der Waals surface area contributed by atoms with E-state index in [1.807, 2.05) is 18.2 Å². The van der Waals surface area contributed by atoms with Gasteiger partial charge >= 0.3 is 0 Å². The molecule has 3 rings (SSSR count). The van der Waals surface area contributed by atoms with Crippen molar-refractivity contribution in [2.75, 3.05) is 0 Å². The topological polar surface area (TPSA) is 33.1 Å². The molecule has 0 atom stereocenters. The summed E-state index contributed by atoms with van der Waals surface area (Å²) in [6.45, 7) is 2.08. The number of para-hydroxylation sites is 2. The number of hydrogen-bond donors (Lipinski definition) is 1. The number of aromatic hydroxyl groups is 1. The maximum atomic E-state index is 9.78. The van der Waals surface area contributed by atoms with E-state index in [9.17, 15) is 5.11 Å². The molecule has 3 aromatic rings. The predicted octanol–water partition coefficient (Wildman–Crippen LogP) is 3.90. The number of hydrogen-bond acceptors (Lipinski definition) is 3. The van der Waals surface area contributed by atoms with E-state index in [2.05, 4.69) is 30.1 Å². The lowest BCUT2D eigenvalue weighted by Gasteiger charge is -2.00. The second kappa shape index (κ2) is 4.42. The molecule has 3 heteroatoms. The average molecular weight is 255 g/mol. The van der Waals surface area contributed by atoms with Crippen molar-refractivity contribution in [2.45, 2.75) is 13.3 Å². The molecule has 1 heterocycles. The van der Waals surface area contributed by atoms with Crippen LogP contribution in [0.4, 0.5) is 0 Å². The van der Waals surface area contributed by atoms with Gasteiger partial charge in [0.1, 0.15) is 5.75 Å². The first-order valence-electron chi connectivity index (χ1n) is 5.86. The molecular weight excluding hydrogens is 242 g/mol. The number of phenolic OH excluding ortho intramolecular Hbond substituents is 1. The average Bonchev–Trinajstić information content (AvgIpc) is 2.76. The Kier molecular flexibility index (Phi) is 2.76. The Morgan fingerprint density at radius 3 is 2.72 bits per heavy atom. The summed E-state index contributed by atoms with van der Waals surface area (Å²) in [6.07, 6.45) is 0.686. The summed E-state index contributed by atoms with van der Waals surface area (Å²) in [6, 6.07) is 13.6. The molecule has 1 N–H and O–H groups in total. The molecule has 0 aliphatic heterocycles. The Morgan fingerprint density at radius 2 is 1.94 bits per heavy atom. The minimum absolute atomic E-state index is 0.341. The molecule has 0 radical (unpaired) electrons. The molecule has 0 saturated carbocycles. The highest BCUT2D eigenvalue weighted by atomic mass is 32.1. The Morgan fingerprint density at radius 1 is 1.11 bits per heavy atom. The number of fused-ring (bicyclic) bond motifs is 1. The quantitative estimate of drug-likeness (QED) is 0.753. The summed E-state index contributed by atoms with van der Waals surface area (Å²) >= 11 is 1.69. The van der Waals surface area contributed by atoms with Gasteiger partial charge in [-0.1, -0.05) is 30.3 Å². The Bertz CT molecular complexity index is 703. The van der Waals surface area contributed by atoms with Gasteiger partial charge in [0.15, 0.2) is 0 Å². The molecule has 0 spiro atoms. The number of thiazole rings is 1. The van der Waals surface area contributed by atoms with Gasteiger partial charge in [-0.15, -0.1) is 11.3 Å². The molecule has 2 nitrogen and oxygen atoms in total. The van der Waals surface area contributed by atoms with Crippen molar-refractivity contribution in [3.05, 3.63) is 58.6 Å². The van der Waals surface area contributed by atoms with Crippen LogP contribution in [0.15, 0.2) is 42.5 Å². The summed E-state index contributed by atoms with van der Waals surface area (Å²) in [4.78, 5) is 4.66. The molecule has 0 aliphatic rings. The first-order valence-corrected chi connectivity index (χ1v) is 6.67. The van der Waals surface area contributed by atoms with Crippen LogP contribution >= 0.6 is 11.3 Å². The SMILES string of the molecule is Cc1cccc2sc(Cc3ccccc3O)nc12. The van der Waals surface area contributed by atoms with Gasteiger partial charge in [-0.3, -0.25) is 0 Å². The lowest BCUT2D eigenvalue weighted by Crippen LogP contribution is -1.87. The lowest BCUT2D eigenvalue weighted by atomic mass is 10.1. The Hall–Kier alpha value is -1.87.